The number of carbonyl (C=O) groups excluding carboxylic acids is 7. The fraction of sp³-hybridized carbons (Fsp3) is 0.565. The van der Waals surface area contributed by atoms with E-state index in [1.807, 2.05) is 19.1 Å². The summed E-state index contributed by atoms with van der Waals surface area (Å²) in [5.74, 6) is -12.3. The van der Waals surface area contributed by atoms with Gasteiger partial charge in [0, 0.05) is 103 Å². The number of carbonyl (C=O) groups is 7. The summed E-state index contributed by atoms with van der Waals surface area (Å²) in [7, 11) is 0. The second-order valence-corrected chi connectivity index (χ2v) is 25.8. The highest BCUT2D eigenvalue weighted by atomic mass is 16.8. The Bertz CT molecular complexity index is 3580. The lowest BCUT2D eigenvalue weighted by molar-refractivity contribution is -0.274. The number of epoxide rings is 2. The van der Waals surface area contributed by atoms with Crippen LogP contribution in [0.2, 0.25) is 0 Å². The highest BCUT2D eigenvalue weighted by Gasteiger charge is 2.93. The number of esters is 6. The standard InChI is InChI=1S/C62H65N3O20/c1-26-43-46(59(7)60(8,75)56(74)85-62(59)52(26)83-62)48(72)44-42-45(51(77-27(2)66)54(58(43,44)6)79-29(4)68)57(5)37(23-40-49(81-40)53(57)78-28(3)67)47(71)50(42)82-41(70)15-11-12-20-65-24-30(63-64-65)25-76-32-17-19-36-39(22-32)80-38-21-31(69)16-18-35(38)61(36)34-14-10-9-13-33(34)55(73)84-61/h9-10,13-14,16-19,21-22,24,26,37,40,42-46,48-54,69,72,75H,11-12,15,20,23,25H2,1-8H3/t26-,37+,40-,42-,43-,44+,45+,46-,48+,49-,50+,51-,52+,53-,54-,57-,58+,59-,60+,61?,62-/m0/s1. The van der Waals surface area contributed by atoms with Gasteiger partial charge in [-0.05, 0) is 75.3 Å². The number of fused-ring (bicyclic) bond motifs is 15. The molecule has 3 aromatic carbocycles. The van der Waals surface area contributed by atoms with Gasteiger partial charge in [-0.1, -0.05) is 44.2 Å². The van der Waals surface area contributed by atoms with Gasteiger partial charge in [0.25, 0.3) is 0 Å². The second kappa shape index (κ2) is 18.5. The van der Waals surface area contributed by atoms with Gasteiger partial charge in [0.05, 0.1) is 29.4 Å². The van der Waals surface area contributed by atoms with E-state index in [0.29, 0.717) is 58.2 Å². The van der Waals surface area contributed by atoms with Gasteiger partial charge in [-0.3, -0.25) is 28.7 Å². The van der Waals surface area contributed by atoms with Gasteiger partial charge in [0.2, 0.25) is 5.79 Å². The van der Waals surface area contributed by atoms with Crippen LogP contribution in [0.5, 0.6) is 23.0 Å². The van der Waals surface area contributed by atoms with Crippen LogP contribution in [0.25, 0.3) is 0 Å². The molecule has 23 heteroatoms. The number of aliphatic hydroxyl groups excluding tert-OH is 1. The minimum atomic E-state index is -2.22. The van der Waals surface area contributed by atoms with Crippen LogP contribution in [-0.2, 0) is 85.4 Å². The largest absolute Gasteiger partial charge is 0.508 e. The Balaban J connectivity index is 0.722. The maximum absolute atomic E-state index is 15.7. The molecule has 14 rings (SSSR count). The van der Waals surface area contributed by atoms with Crippen molar-refractivity contribution in [1.82, 2.24) is 15.0 Å². The normalized spacial score (nSPS) is 41.2. The number of ketones is 1. The molecule has 5 aliphatic heterocycles. The molecular weight excluding hydrogens is 1110 g/mol. The van der Waals surface area contributed by atoms with Crippen LogP contribution in [0.15, 0.2) is 66.9 Å². The van der Waals surface area contributed by atoms with Crippen molar-refractivity contribution in [1.29, 1.82) is 0 Å². The Hall–Kier alpha value is -7.47. The number of unbranched alkanes of at least 4 members (excludes halogenated alkanes) is 1. The van der Waals surface area contributed by atoms with Crippen LogP contribution in [0.4, 0.5) is 0 Å². The zero-order chi connectivity index (χ0) is 60.0. The Morgan fingerprint density at radius 2 is 1.49 bits per heavy atom. The Morgan fingerprint density at radius 1 is 0.788 bits per heavy atom. The molecule has 21 atom stereocenters. The van der Waals surface area contributed by atoms with E-state index in [-0.39, 0.29) is 31.6 Å². The van der Waals surface area contributed by atoms with Gasteiger partial charge in [0.1, 0.15) is 65.8 Å². The van der Waals surface area contributed by atoms with E-state index in [2.05, 4.69) is 10.3 Å². The first-order valence-electron chi connectivity index (χ1n) is 29.1. The number of nitrogens with zero attached hydrogens (tertiary/aromatic N) is 3. The molecule has 3 saturated heterocycles. The quantitative estimate of drug-likeness (QED) is 0.0734. The van der Waals surface area contributed by atoms with Crippen molar-refractivity contribution in [3.63, 3.8) is 0 Å². The number of phenolic OH excluding ortho intramolecular Hbond substituents is 1. The monoisotopic (exact) mass is 1170 g/mol. The number of aromatic hydroxyl groups is 1. The topological polar surface area (TPSA) is 310 Å². The third-order valence-corrected chi connectivity index (χ3v) is 21.6. The Kier molecular flexibility index (Phi) is 12.1. The van der Waals surface area contributed by atoms with Crippen LogP contribution >= 0.6 is 0 Å². The molecule has 5 saturated carbocycles. The lowest BCUT2D eigenvalue weighted by Gasteiger charge is -2.65. The highest BCUT2D eigenvalue weighted by Crippen LogP contribution is 2.81. The maximum atomic E-state index is 15.7. The molecule has 6 heterocycles. The number of benzene rings is 3. The predicted octanol–water partition coefficient (Wildman–Crippen LogP) is 4.92. The third-order valence-electron chi connectivity index (χ3n) is 21.6. The van der Waals surface area contributed by atoms with E-state index in [4.69, 9.17) is 47.4 Å². The first-order valence-corrected chi connectivity index (χ1v) is 29.1. The van der Waals surface area contributed by atoms with Gasteiger partial charge in [-0.25, -0.2) is 9.59 Å². The molecule has 85 heavy (non-hydrogen) atoms. The molecule has 10 aliphatic rings. The summed E-state index contributed by atoms with van der Waals surface area (Å²) in [4.78, 5) is 97.5. The molecule has 2 spiro atoms. The molecule has 1 unspecified atom stereocenters. The molecule has 0 bridgehead atoms. The first-order chi connectivity index (χ1) is 40.3. The molecule has 0 radical (unpaired) electrons. The molecule has 8 fully saturated rings. The highest BCUT2D eigenvalue weighted by molar-refractivity contribution is 5.97. The average molecular weight is 1170 g/mol. The van der Waals surface area contributed by atoms with E-state index in [0.717, 1.165) is 0 Å². The number of aliphatic hydroxyl groups is 2. The summed E-state index contributed by atoms with van der Waals surface area (Å²) in [5, 5.41) is 44.7. The summed E-state index contributed by atoms with van der Waals surface area (Å²) >= 11 is 0. The van der Waals surface area contributed by atoms with Gasteiger partial charge in [-0.2, -0.15) is 0 Å². The molecule has 0 amide bonds. The van der Waals surface area contributed by atoms with E-state index in [1.54, 1.807) is 68.0 Å². The van der Waals surface area contributed by atoms with Gasteiger partial charge < -0.3 is 62.7 Å². The number of hydrogen-bond donors (Lipinski definition) is 3. The number of phenols is 1. The van der Waals surface area contributed by atoms with E-state index < -0.39 is 165 Å². The van der Waals surface area contributed by atoms with Crippen molar-refractivity contribution in [2.75, 3.05) is 0 Å². The molecule has 1 aromatic heterocycles. The molecule has 23 nitrogen and oxygen atoms in total. The van der Waals surface area contributed by atoms with Crippen LogP contribution < -0.4 is 9.47 Å². The van der Waals surface area contributed by atoms with Crippen LogP contribution in [0, 0.1) is 57.7 Å². The van der Waals surface area contributed by atoms with Crippen molar-refractivity contribution in [2.24, 2.45) is 57.7 Å². The number of aromatic nitrogens is 3. The summed E-state index contributed by atoms with van der Waals surface area (Å²) in [6.07, 6.45) is -6.55. The van der Waals surface area contributed by atoms with Crippen molar-refractivity contribution in [3.05, 3.63) is 94.8 Å². The second-order valence-electron chi connectivity index (χ2n) is 25.8. The number of rotatable bonds is 12. The maximum Gasteiger partial charge on any atom is 0.341 e. The molecule has 5 aliphatic carbocycles. The van der Waals surface area contributed by atoms with E-state index in [9.17, 15) is 44.1 Å². The minimum absolute atomic E-state index is 0.00693. The van der Waals surface area contributed by atoms with E-state index in [1.165, 1.54) is 39.8 Å². The smallest absolute Gasteiger partial charge is 0.341 e. The summed E-state index contributed by atoms with van der Waals surface area (Å²) in [5.41, 5.74) is -5.41. The average Bonchev–Trinajstić information content (AvgIpc) is 1.47. The summed E-state index contributed by atoms with van der Waals surface area (Å²) in [6, 6.07) is 17.0. The van der Waals surface area contributed by atoms with Crippen molar-refractivity contribution < 1.29 is 96.2 Å². The van der Waals surface area contributed by atoms with Crippen LogP contribution in [-0.4, -0.2) is 132 Å². The fourth-order valence-electron chi connectivity index (χ4n) is 18.1. The first kappa shape index (κ1) is 55.4. The van der Waals surface area contributed by atoms with Gasteiger partial charge >= 0.3 is 35.8 Å². The molecule has 448 valence electrons. The third kappa shape index (κ3) is 7.41. The van der Waals surface area contributed by atoms with E-state index >= 15 is 4.79 Å². The fourth-order valence-corrected chi connectivity index (χ4v) is 18.1. The lowest BCUT2D eigenvalue weighted by Crippen LogP contribution is -2.75. The van der Waals surface area contributed by atoms with Crippen molar-refractivity contribution in [3.8, 4) is 23.0 Å². The SMILES string of the molecule is CC(=O)O[C@H]1[C@H]2[C@H]([C@@H]3[C@@H](O)[C@@H]4[C@H]([C@H](C)[C@H]5O[C@]56OC(=O)[C@@](C)(O)[C@]46C)[C@@]3(C)[C@H]1OC(C)=O)[C@@H](OC(=O)CCCCn1cc(COc3ccc4c(c3)Oc3cc(O)ccc3C43OC(=O)c4ccccc43)nn1)C(=O)[C@H]1C[C@@H]3O[C@@H]3[C@H](OC(C)=O)[C@]21C. The number of ether oxygens (including phenoxy) is 10. The zero-order valence-corrected chi connectivity index (χ0v) is 47.9. The lowest BCUT2D eigenvalue weighted by atomic mass is 9.41. The number of aryl methyl sites for hydroxylation is 1. The van der Waals surface area contributed by atoms with Crippen LogP contribution in [0.1, 0.15) is 114 Å². The number of hydrogen-bond acceptors (Lipinski definition) is 22. The van der Waals surface area contributed by atoms with Gasteiger partial charge in [0.15, 0.2) is 23.1 Å². The Morgan fingerprint density at radius 3 is 2.24 bits per heavy atom. The molecule has 4 aromatic rings. The summed E-state index contributed by atoms with van der Waals surface area (Å²) in [6.45, 7) is 12.3. The zero-order valence-electron chi connectivity index (χ0n) is 47.9. The number of Topliss-reactive ketones (excluding diaryl/α,β-unsaturated/α-hetero) is 1. The van der Waals surface area contributed by atoms with Crippen molar-refractivity contribution >= 4 is 41.6 Å². The molecular formula is C62H65N3O20. The van der Waals surface area contributed by atoms with Crippen LogP contribution in [0.3, 0.4) is 0 Å². The minimum Gasteiger partial charge on any atom is -0.508 e. The molecule has 3 N–H and O–H groups in total. The predicted molar refractivity (Wildman–Crippen MR) is 284 cm³/mol. The Labute approximate surface area is 486 Å². The van der Waals surface area contributed by atoms with Gasteiger partial charge in [-0.15, -0.1) is 5.10 Å². The summed E-state index contributed by atoms with van der Waals surface area (Å²) < 4.78 is 64.0. The van der Waals surface area contributed by atoms with Crippen molar-refractivity contribution in [2.45, 2.75) is 160 Å².